The first-order valence-corrected chi connectivity index (χ1v) is 9.23. The Labute approximate surface area is 138 Å². The predicted octanol–water partition coefficient (Wildman–Crippen LogP) is 4.33. The highest BCUT2D eigenvalue weighted by Gasteiger charge is 2.10. The average Bonchev–Trinajstić information content (AvgIpc) is 2.95. The molecule has 1 N–H and O–H groups in total. The first kappa shape index (κ1) is 15.7. The molecule has 2 aromatic rings. The van der Waals surface area contributed by atoms with Crippen LogP contribution < -0.4 is 5.32 Å². The summed E-state index contributed by atoms with van der Waals surface area (Å²) in [5.74, 6) is 0. The van der Waals surface area contributed by atoms with Gasteiger partial charge < -0.3 is 5.32 Å². The fourth-order valence-electron chi connectivity index (χ4n) is 3.04. The molecule has 1 saturated heterocycles. The number of benzene rings is 1. The van der Waals surface area contributed by atoms with E-state index in [1.54, 1.807) is 0 Å². The summed E-state index contributed by atoms with van der Waals surface area (Å²) < 4.78 is 0. The van der Waals surface area contributed by atoms with Gasteiger partial charge in [-0.1, -0.05) is 30.7 Å². The lowest BCUT2D eigenvalue weighted by atomic mass is 10.1. The highest BCUT2D eigenvalue weighted by atomic mass is 32.1. The number of nitrogens with one attached hydrogen (secondary N) is 1. The Kier molecular flexibility index (Phi) is 5.65. The van der Waals surface area contributed by atoms with E-state index in [4.69, 9.17) is 0 Å². The van der Waals surface area contributed by atoms with E-state index < -0.39 is 0 Å². The van der Waals surface area contributed by atoms with Crippen molar-refractivity contribution >= 4 is 11.3 Å². The summed E-state index contributed by atoms with van der Waals surface area (Å²) in [4.78, 5) is 4.03. The van der Waals surface area contributed by atoms with Crippen molar-refractivity contribution in [1.29, 1.82) is 0 Å². The molecular weight excluding hydrogens is 288 g/mol. The minimum Gasteiger partial charge on any atom is -0.308 e. The van der Waals surface area contributed by atoms with E-state index in [9.17, 15) is 0 Å². The Morgan fingerprint density at radius 3 is 2.36 bits per heavy atom. The van der Waals surface area contributed by atoms with Gasteiger partial charge in [0.1, 0.15) is 0 Å². The highest BCUT2D eigenvalue weighted by molar-refractivity contribution is 7.10. The van der Waals surface area contributed by atoms with Crippen LogP contribution >= 0.6 is 11.3 Å². The molecule has 1 aromatic carbocycles. The van der Waals surface area contributed by atoms with Gasteiger partial charge in [0.2, 0.25) is 0 Å². The van der Waals surface area contributed by atoms with Crippen molar-refractivity contribution < 1.29 is 0 Å². The second kappa shape index (κ2) is 7.91. The van der Waals surface area contributed by atoms with Crippen molar-refractivity contribution in [3.63, 3.8) is 0 Å². The second-order valence-electron chi connectivity index (χ2n) is 6.28. The van der Waals surface area contributed by atoms with Crippen LogP contribution in [0.5, 0.6) is 0 Å². The van der Waals surface area contributed by atoms with Crippen LogP contribution in [-0.2, 0) is 19.6 Å². The number of likely N-dealkylation sites (tertiary alicyclic amines) is 1. The van der Waals surface area contributed by atoms with Gasteiger partial charge in [0.25, 0.3) is 0 Å². The van der Waals surface area contributed by atoms with Gasteiger partial charge in [-0.2, -0.15) is 0 Å². The van der Waals surface area contributed by atoms with E-state index in [2.05, 4.69) is 52.9 Å². The summed E-state index contributed by atoms with van der Waals surface area (Å²) in [5, 5.41) is 5.71. The smallest absolute Gasteiger partial charge is 0.0305 e. The molecule has 0 amide bonds. The van der Waals surface area contributed by atoms with Crippen molar-refractivity contribution in [2.45, 2.75) is 45.8 Å². The van der Waals surface area contributed by atoms with Crippen LogP contribution in [0.4, 0.5) is 0 Å². The molecule has 0 atom stereocenters. The highest BCUT2D eigenvalue weighted by Crippen LogP contribution is 2.16. The van der Waals surface area contributed by atoms with E-state index in [-0.39, 0.29) is 0 Å². The summed E-state index contributed by atoms with van der Waals surface area (Å²) in [5.41, 5.74) is 4.21. The Morgan fingerprint density at radius 2 is 1.68 bits per heavy atom. The number of thiophene rings is 1. The maximum absolute atomic E-state index is 3.55. The summed E-state index contributed by atoms with van der Waals surface area (Å²) in [6.07, 6.45) is 4.14. The molecule has 3 heteroatoms. The molecule has 1 aliphatic rings. The first-order valence-electron chi connectivity index (χ1n) is 8.35. The van der Waals surface area contributed by atoms with Gasteiger partial charge in [-0.3, -0.25) is 4.90 Å². The second-order valence-corrected chi connectivity index (χ2v) is 7.28. The lowest BCUT2D eigenvalue weighted by molar-refractivity contribution is 0.221. The number of nitrogens with zero attached hydrogens (tertiary/aromatic N) is 1. The zero-order valence-corrected chi connectivity index (χ0v) is 14.3. The maximum Gasteiger partial charge on any atom is 0.0305 e. The van der Waals surface area contributed by atoms with Crippen LogP contribution in [0.25, 0.3) is 0 Å². The molecule has 1 fully saturated rings. The standard InChI is InChI=1S/C19H26N2S/c1-16-9-12-22-19(16)14-20-13-17-5-7-18(8-6-17)15-21-10-3-2-4-11-21/h5-9,12,20H,2-4,10-11,13-15H2,1H3. The normalized spacial score (nSPS) is 16.0. The van der Waals surface area contributed by atoms with Crippen LogP contribution in [0, 0.1) is 6.92 Å². The van der Waals surface area contributed by atoms with E-state index in [0.29, 0.717) is 0 Å². The average molecular weight is 314 g/mol. The van der Waals surface area contributed by atoms with Gasteiger partial charge in [0.05, 0.1) is 0 Å². The van der Waals surface area contributed by atoms with Crippen molar-refractivity contribution in [2.24, 2.45) is 0 Å². The van der Waals surface area contributed by atoms with Gasteiger partial charge in [-0.05, 0) is 61.0 Å². The fourth-order valence-corrected chi connectivity index (χ4v) is 3.92. The summed E-state index contributed by atoms with van der Waals surface area (Å²) in [6, 6.07) is 11.3. The third-order valence-corrected chi connectivity index (χ3v) is 5.48. The van der Waals surface area contributed by atoms with E-state index in [0.717, 1.165) is 19.6 Å². The molecular formula is C19H26N2S. The van der Waals surface area contributed by atoms with Crippen molar-refractivity contribution in [1.82, 2.24) is 10.2 Å². The monoisotopic (exact) mass is 314 g/mol. The fraction of sp³-hybridized carbons (Fsp3) is 0.474. The molecule has 0 saturated carbocycles. The van der Waals surface area contributed by atoms with Gasteiger partial charge in [0, 0.05) is 24.5 Å². The molecule has 2 nitrogen and oxygen atoms in total. The Morgan fingerprint density at radius 1 is 0.955 bits per heavy atom. The zero-order chi connectivity index (χ0) is 15.2. The molecule has 0 aliphatic carbocycles. The van der Waals surface area contributed by atoms with Gasteiger partial charge in [-0.25, -0.2) is 0 Å². The van der Waals surface area contributed by atoms with Crippen molar-refractivity contribution in [3.8, 4) is 0 Å². The Bertz CT molecular complexity index is 567. The van der Waals surface area contributed by atoms with Gasteiger partial charge in [-0.15, -0.1) is 11.3 Å². The molecule has 1 aromatic heterocycles. The van der Waals surface area contributed by atoms with Crippen LogP contribution in [0.2, 0.25) is 0 Å². The zero-order valence-electron chi connectivity index (χ0n) is 13.5. The summed E-state index contributed by atoms with van der Waals surface area (Å²) in [7, 11) is 0. The Balaban J connectivity index is 1.45. The predicted molar refractivity (Wildman–Crippen MR) is 95.2 cm³/mol. The number of hydrogen-bond donors (Lipinski definition) is 1. The molecule has 0 radical (unpaired) electrons. The minimum atomic E-state index is 0.946. The molecule has 0 bridgehead atoms. The van der Waals surface area contributed by atoms with E-state index in [1.165, 1.54) is 53.9 Å². The number of aryl methyl sites for hydroxylation is 1. The quantitative estimate of drug-likeness (QED) is 0.853. The lowest BCUT2D eigenvalue weighted by Crippen LogP contribution is -2.29. The number of hydrogen-bond acceptors (Lipinski definition) is 3. The number of rotatable bonds is 6. The maximum atomic E-state index is 3.55. The van der Waals surface area contributed by atoms with Gasteiger partial charge >= 0.3 is 0 Å². The molecule has 22 heavy (non-hydrogen) atoms. The first-order chi connectivity index (χ1) is 10.8. The summed E-state index contributed by atoms with van der Waals surface area (Å²) in [6.45, 7) is 7.75. The topological polar surface area (TPSA) is 15.3 Å². The van der Waals surface area contributed by atoms with Crippen LogP contribution in [0.15, 0.2) is 35.7 Å². The molecule has 1 aliphatic heterocycles. The van der Waals surface area contributed by atoms with Gasteiger partial charge in [0.15, 0.2) is 0 Å². The molecule has 0 unspecified atom stereocenters. The SMILES string of the molecule is Cc1ccsc1CNCc1ccc(CN2CCCCC2)cc1. The van der Waals surface area contributed by atoms with Crippen molar-refractivity contribution in [3.05, 3.63) is 57.3 Å². The molecule has 0 spiro atoms. The minimum absolute atomic E-state index is 0.946. The number of piperidine rings is 1. The van der Waals surface area contributed by atoms with E-state index in [1.807, 2.05) is 11.3 Å². The molecule has 118 valence electrons. The molecule has 2 heterocycles. The van der Waals surface area contributed by atoms with Crippen LogP contribution in [0.1, 0.15) is 40.8 Å². The van der Waals surface area contributed by atoms with E-state index >= 15 is 0 Å². The Hall–Kier alpha value is -1.16. The third-order valence-electron chi connectivity index (χ3n) is 4.46. The van der Waals surface area contributed by atoms with Crippen molar-refractivity contribution in [2.75, 3.05) is 13.1 Å². The molecule has 3 rings (SSSR count). The third kappa shape index (κ3) is 4.42. The summed E-state index contributed by atoms with van der Waals surface area (Å²) >= 11 is 1.84. The largest absolute Gasteiger partial charge is 0.308 e. The van der Waals surface area contributed by atoms with Crippen LogP contribution in [0.3, 0.4) is 0 Å². The lowest BCUT2D eigenvalue weighted by Gasteiger charge is -2.26. The van der Waals surface area contributed by atoms with Crippen LogP contribution in [-0.4, -0.2) is 18.0 Å².